The van der Waals surface area contributed by atoms with E-state index in [2.05, 4.69) is 23.9 Å². The Morgan fingerprint density at radius 2 is 2.11 bits per heavy atom. The minimum atomic E-state index is 0.310. The van der Waals surface area contributed by atoms with Gasteiger partial charge in [0.25, 0.3) is 0 Å². The van der Waals surface area contributed by atoms with Crippen molar-refractivity contribution in [1.82, 2.24) is 14.8 Å². The standard InChI is InChI=1S/C13H23N3O2/c1-10(2)16-13(14-9-15-16)8-18-12-5-3-11(7-17)4-6-12/h9-12,17H,3-8H2,1-2H3. The molecule has 0 aromatic carbocycles. The highest BCUT2D eigenvalue weighted by Gasteiger charge is 2.21. The van der Waals surface area contributed by atoms with Gasteiger partial charge >= 0.3 is 0 Å². The van der Waals surface area contributed by atoms with E-state index in [1.54, 1.807) is 6.33 Å². The van der Waals surface area contributed by atoms with Gasteiger partial charge in [0.2, 0.25) is 0 Å². The van der Waals surface area contributed by atoms with Gasteiger partial charge in [-0.15, -0.1) is 0 Å². The van der Waals surface area contributed by atoms with Crippen LogP contribution in [0.2, 0.25) is 0 Å². The molecule has 1 aliphatic rings. The molecule has 102 valence electrons. The largest absolute Gasteiger partial charge is 0.396 e. The first-order valence-electron chi connectivity index (χ1n) is 6.81. The molecule has 0 spiro atoms. The highest BCUT2D eigenvalue weighted by molar-refractivity contribution is 4.84. The summed E-state index contributed by atoms with van der Waals surface area (Å²) in [5.74, 6) is 1.37. The van der Waals surface area contributed by atoms with Crippen LogP contribution in [-0.4, -0.2) is 32.6 Å². The summed E-state index contributed by atoms with van der Waals surface area (Å²) < 4.78 is 7.81. The van der Waals surface area contributed by atoms with E-state index in [1.165, 1.54) is 0 Å². The van der Waals surface area contributed by atoms with Crippen molar-refractivity contribution < 1.29 is 9.84 Å². The number of aromatic nitrogens is 3. The van der Waals surface area contributed by atoms with Crippen LogP contribution >= 0.6 is 0 Å². The third-order valence-electron chi connectivity index (χ3n) is 3.64. The minimum absolute atomic E-state index is 0.310. The van der Waals surface area contributed by atoms with E-state index < -0.39 is 0 Å². The van der Waals surface area contributed by atoms with Gasteiger partial charge in [-0.25, -0.2) is 9.67 Å². The summed E-state index contributed by atoms with van der Waals surface area (Å²) in [6.07, 6.45) is 6.12. The molecule has 0 radical (unpaired) electrons. The van der Waals surface area contributed by atoms with Crippen LogP contribution in [0.4, 0.5) is 0 Å². The molecule has 0 amide bonds. The lowest BCUT2D eigenvalue weighted by Gasteiger charge is -2.27. The lowest BCUT2D eigenvalue weighted by Crippen LogP contribution is -2.24. The third-order valence-corrected chi connectivity index (χ3v) is 3.64. The highest BCUT2D eigenvalue weighted by Crippen LogP contribution is 2.26. The van der Waals surface area contributed by atoms with E-state index in [-0.39, 0.29) is 0 Å². The average Bonchev–Trinajstić information content (AvgIpc) is 2.85. The number of nitrogens with zero attached hydrogens (tertiary/aromatic N) is 3. The fourth-order valence-electron chi connectivity index (χ4n) is 2.48. The van der Waals surface area contributed by atoms with Gasteiger partial charge in [0.05, 0.1) is 6.10 Å². The quantitative estimate of drug-likeness (QED) is 0.871. The van der Waals surface area contributed by atoms with E-state index in [0.29, 0.717) is 31.3 Å². The fraction of sp³-hybridized carbons (Fsp3) is 0.846. The summed E-state index contributed by atoms with van der Waals surface area (Å²) in [6, 6.07) is 0.316. The molecule has 18 heavy (non-hydrogen) atoms. The normalized spacial score (nSPS) is 24.7. The van der Waals surface area contributed by atoms with Gasteiger partial charge < -0.3 is 9.84 Å². The Bertz CT molecular complexity index is 357. The zero-order valence-corrected chi connectivity index (χ0v) is 11.2. The first-order chi connectivity index (χ1) is 8.70. The second-order valence-corrected chi connectivity index (χ2v) is 5.35. The third kappa shape index (κ3) is 3.29. The van der Waals surface area contributed by atoms with Crippen molar-refractivity contribution in [3.05, 3.63) is 12.2 Å². The van der Waals surface area contributed by atoms with Gasteiger partial charge in [-0.05, 0) is 45.4 Å². The van der Waals surface area contributed by atoms with Crippen molar-refractivity contribution >= 4 is 0 Å². The van der Waals surface area contributed by atoms with Crippen LogP contribution < -0.4 is 0 Å². The van der Waals surface area contributed by atoms with E-state index >= 15 is 0 Å². The van der Waals surface area contributed by atoms with Crippen molar-refractivity contribution in [3.63, 3.8) is 0 Å². The van der Waals surface area contributed by atoms with E-state index in [9.17, 15) is 0 Å². The molecule has 1 N–H and O–H groups in total. The molecule has 5 nitrogen and oxygen atoms in total. The van der Waals surface area contributed by atoms with E-state index in [1.807, 2.05) is 4.68 Å². The molecule has 1 aliphatic carbocycles. The molecule has 1 heterocycles. The Hall–Kier alpha value is -0.940. The van der Waals surface area contributed by atoms with Crippen molar-refractivity contribution in [3.8, 4) is 0 Å². The van der Waals surface area contributed by atoms with Crippen LogP contribution in [0, 0.1) is 5.92 Å². The van der Waals surface area contributed by atoms with Gasteiger partial charge in [0.1, 0.15) is 12.9 Å². The molecule has 1 fully saturated rings. The molecule has 1 aromatic heterocycles. The van der Waals surface area contributed by atoms with Crippen LogP contribution in [0.15, 0.2) is 6.33 Å². The monoisotopic (exact) mass is 253 g/mol. The summed E-state index contributed by atoms with van der Waals surface area (Å²) in [7, 11) is 0. The lowest BCUT2D eigenvalue weighted by molar-refractivity contribution is -0.00335. The SMILES string of the molecule is CC(C)n1ncnc1COC1CCC(CO)CC1. The summed E-state index contributed by atoms with van der Waals surface area (Å²) in [5, 5.41) is 13.3. The topological polar surface area (TPSA) is 60.2 Å². The zero-order chi connectivity index (χ0) is 13.0. The number of hydrogen-bond acceptors (Lipinski definition) is 4. The Labute approximate surface area is 108 Å². The van der Waals surface area contributed by atoms with Crippen molar-refractivity contribution in [2.24, 2.45) is 5.92 Å². The first-order valence-corrected chi connectivity index (χ1v) is 6.81. The number of aliphatic hydroxyl groups is 1. The maximum absolute atomic E-state index is 9.09. The molecule has 0 atom stereocenters. The average molecular weight is 253 g/mol. The Kier molecular flexibility index (Phi) is 4.72. The predicted molar refractivity (Wildman–Crippen MR) is 68.0 cm³/mol. The molecule has 0 saturated heterocycles. The Balaban J connectivity index is 1.80. The summed E-state index contributed by atoms with van der Waals surface area (Å²) >= 11 is 0. The molecular formula is C13H23N3O2. The molecule has 1 aromatic rings. The Morgan fingerprint density at radius 3 is 2.72 bits per heavy atom. The molecule has 2 rings (SSSR count). The van der Waals surface area contributed by atoms with Gasteiger partial charge in [0, 0.05) is 12.6 Å². The Morgan fingerprint density at radius 1 is 1.39 bits per heavy atom. The summed E-state index contributed by atoms with van der Waals surface area (Å²) in [4.78, 5) is 4.24. The number of aliphatic hydroxyl groups excluding tert-OH is 1. The van der Waals surface area contributed by atoms with Gasteiger partial charge in [0.15, 0.2) is 5.82 Å². The van der Waals surface area contributed by atoms with Crippen LogP contribution in [0.1, 0.15) is 51.4 Å². The van der Waals surface area contributed by atoms with Gasteiger partial charge in [-0.1, -0.05) is 0 Å². The predicted octanol–water partition coefficient (Wildman–Crippen LogP) is 1.93. The van der Waals surface area contributed by atoms with Crippen molar-refractivity contribution in [2.45, 2.75) is 58.3 Å². The lowest BCUT2D eigenvalue weighted by atomic mass is 9.88. The first kappa shape index (κ1) is 13.5. The molecule has 5 heteroatoms. The van der Waals surface area contributed by atoms with Crippen LogP contribution in [0.3, 0.4) is 0 Å². The summed E-state index contributed by atoms with van der Waals surface area (Å²) in [6.45, 7) is 5.02. The fourth-order valence-corrected chi connectivity index (χ4v) is 2.48. The van der Waals surface area contributed by atoms with Crippen LogP contribution in [-0.2, 0) is 11.3 Å². The highest BCUT2D eigenvalue weighted by atomic mass is 16.5. The van der Waals surface area contributed by atoms with Crippen molar-refractivity contribution in [1.29, 1.82) is 0 Å². The van der Waals surface area contributed by atoms with Gasteiger partial charge in [-0.2, -0.15) is 5.10 Å². The molecule has 0 unspecified atom stereocenters. The summed E-state index contributed by atoms with van der Waals surface area (Å²) in [5.41, 5.74) is 0. The number of rotatable bonds is 5. The zero-order valence-electron chi connectivity index (χ0n) is 11.2. The smallest absolute Gasteiger partial charge is 0.153 e. The molecule has 1 saturated carbocycles. The number of hydrogen-bond donors (Lipinski definition) is 1. The van der Waals surface area contributed by atoms with Crippen molar-refractivity contribution in [2.75, 3.05) is 6.61 Å². The van der Waals surface area contributed by atoms with E-state index in [0.717, 1.165) is 31.5 Å². The minimum Gasteiger partial charge on any atom is -0.396 e. The maximum atomic E-state index is 9.09. The van der Waals surface area contributed by atoms with Gasteiger partial charge in [-0.3, -0.25) is 0 Å². The maximum Gasteiger partial charge on any atom is 0.153 e. The second kappa shape index (κ2) is 6.29. The van der Waals surface area contributed by atoms with Crippen LogP contribution in [0.5, 0.6) is 0 Å². The number of ether oxygens (including phenoxy) is 1. The molecule has 0 bridgehead atoms. The molecular weight excluding hydrogens is 230 g/mol. The second-order valence-electron chi connectivity index (χ2n) is 5.35. The van der Waals surface area contributed by atoms with Crippen LogP contribution in [0.25, 0.3) is 0 Å². The molecule has 0 aliphatic heterocycles. The van der Waals surface area contributed by atoms with E-state index in [4.69, 9.17) is 9.84 Å².